The van der Waals surface area contributed by atoms with Crippen molar-refractivity contribution in [3.63, 3.8) is 0 Å². The maximum Gasteiger partial charge on any atom is 0.174 e. The van der Waals surface area contributed by atoms with Crippen LogP contribution in [0.3, 0.4) is 0 Å². The molecule has 5 heteroatoms. The first-order chi connectivity index (χ1) is 10.1. The van der Waals surface area contributed by atoms with Gasteiger partial charge in [-0.2, -0.15) is 0 Å². The Morgan fingerprint density at radius 1 is 1.29 bits per heavy atom. The van der Waals surface area contributed by atoms with E-state index in [0.717, 1.165) is 44.5 Å². The van der Waals surface area contributed by atoms with Crippen molar-refractivity contribution >= 4 is 31.9 Å². The maximum absolute atomic E-state index is 5.57. The fourth-order valence-electron chi connectivity index (χ4n) is 2.26. The second-order valence-electron chi connectivity index (χ2n) is 4.88. The molecule has 114 valence electrons. The third-order valence-electron chi connectivity index (χ3n) is 3.38. The van der Waals surface area contributed by atoms with Crippen LogP contribution >= 0.6 is 31.9 Å². The van der Waals surface area contributed by atoms with Crippen LogP contribution in [0.2, 0.25) is 0 Å². The summed E-state index contributed by atoms with van der Waals surface area (Å²) in [6, 6.07) is 6.16. The number of furan rings is 1. The van der Waals surface area contributed by atoms with Crippen LogP contribution in [0.1, 0.15) is 36.1 Å². The molecular weight excluding hydrogens is 398 g/mol. The molecule has 0 aliphatic rings. The summed E-state index contributed by atoms with van der Waals surface area (Å²) < 4.78 is 12.8. The van der Waals surface area contributed by atoms with E-state index in [1.54, 1.807) is 13.4 Å². The number of hydrogen-bond acceptors (Lipinski definition) is 3. The van der Waals surface area contributed by atoms with Gasteiger partial charge in [0.25, 0.3) is 0 Å². The summed E-state index contributed by atoms with van der Waals surface area (Å²) in [6.45, 7) is 5.12. The van der Waals surface area contributed by atoms with Crippen LogP contribution < -0.4 is 10.1 Å². The molecule has 0 saturated heterocycles. The Labute approximate surface area is 142 Å². The van der Waals surface area contributed by atoms with E-state index in [1.165, 1.54) is 0 Å². The summed E-state index contributed by atoms with van der Waals surface area (Å²) >= 11 is 7.09. The van der Waals surface area contributed by atoms with E-state index in [1.807, 2.05) is 12.1 Å². The molecule has 0 fully saturated rings. The molecule has 2 rings (SSSR count). The first-order valence-corrected chi connectivity index (χ1v) is 8.47. The van der Waals surface area contributed by atoms with Crippen molar-refractivity contribution in [2.75, 3.05) is 13.7 Å². The predicted molar refractivity (Wildman–Crippen MR) is 92.0 cm³/mol. The van der Waals surface area contributed by atoms with Gasteiger partial charge in [-0.1, -0.05) is 22.9 Å². The Morgan fingerprint density at radius 3 is 2.62 bits per heavy atom. The van der Waals surface area contributed by atoms with Crippen LogP contribution in [-0.4, -0.2) is 13.7 Å². The summed E-state index contributed by atoms with van der Waals surface area (Å²) in [7, 11) is 1.70. The minimum Gasteiger partial charge on any atom is -0.496 e. The smallest absolute Gasteiger partial charge is 0.174 e. The number of benzene rings is 1. The number of rotatable bonds is 6. The lowest BCUT2D eigenvalue weighted by atomic mass is 9.98. The van der Waals surface area contributed by atoms with Gasteiger partial charge in [0.1, 0.15) is 5.75 Å². The fraction of sp³-hybridized carbons (Fsp3) is 0.375. The lowest BCUT2D eigenvalue weighted by molar-refractivity contribution is 0.402. The second kappa shape index (κ2) is 7.47. The second-order valence-corrected chi connectivity index (χ2v) is 6.45. The van der Waals surface area contributed by atoms with Gasteiger partial charge >= 0.3 is 0 Å². The molecule has 0 radical (unpaired) electrons. The summed E-state index contributed by atoms with van der Waals surface area (Å²) in [5.41, 5.74) is 3.30. The van der Waals surface area contributed by atoms with Gasteiger partial charge < -0.3 is 14.5 Å². The van der Waals surface area contributed by atoms with E-state index in [0.29, 0.717) is 0 Å². The highest BCUT2D eigenvalue weighted by Crippen LogP contribution is 2.37. The molecule has 21 heavy (non-hydrogen) atoms. The molecule has 2 aromatic rings. The third kappa shape index (κ3) is 3.71. The van der Waals surface area contributed by atoms with E-state index < -0.39 is 0 Å². The topological polar surface area (TPSA) is 34.4 Å². The van der Waals surface area contributed by atoms with Crippen LogP contribution in [0.5, 0.6) is 5.75 Å². The van der Waals surface area contributed by atoms with Gasteiger partial charge in [0.15, 0.2) is 4.67 Å². The molecule has 3 nitrogen and oxygen atoms in total. The number of ether oxygens (including phenoxy) is 1. The molecule has 0 bridgehead atoms. The molecule has 1 heterocycles. The van der Waals surface area contributed by atoms with E-state index in [-0.39, 0.29) is 6.04 Å². The van der Waals surface area contributed by atoms with Crippen LogP contribution in [-0.2, 0) is 0 Å². The quantitative estimate of drug-likeness (QED) is 0.701. The van der Waals surface area contributed by atoms with Crippen molar-refractivity contribution in [3.8, 4) is 5.75 Å². The van der Waals surface area contributed by atoms with Crippen molar-refractivity contribution in [2.45, 2.75) is 26.3 Å². The summed E-state index contributed by atoms with van der Waals surface area (Å²) in [6.07, 6.45) is 2.75. The Balaban J connectivity index is 2.51. The Hall–Kier alpha value is -0.780. The van der Waals surface area contributed by atoms with E-state index in [9.17, 15) is 0 Å². The normalized spacial score (nSPS) is 12.4. The zero-order chi connectivity index (χ0) is 15.4. The zero-order valence-corrected chi connectivity index (χ0v) is 15.5. The van der Waals surface area contributed by atoms with Gasteiger partial charge in [-0.05, 0) is 59.6 Å². The first kappa shape index (κ1) is 16.6. The highest BCUT2D eigenvalue weighted by atomic mass is 79.9. The van der Waals surface area contributed by atoms with E-state index in [2.05, 4.69) is 57.1 Å². The molecule has 1 N–H and O–H groups in total. The predicted octanol–water partition coefficient (Wildman–Crippen LogP) is 5.21. The molecule has 1 atom stereocenters. The number of methoxy groups -OCH3 is 1. The Kier molecular flexibility index (Phi) is 5.90. The Morgan fingerprint density at radius 2 is 2.05 bits per heavy atom. The number of hydrogen-bond donors (Lipinski definition) is 1. The lowest BCUT2D eigenvalue weighted by Gasteiger charge is -2.21. The standard InChI is InChI=1S/C16H19Br2NO2/c1-4-6-19-15(11-5-7-21-16(11)18)12-9-13(17)10(2)8-14(12)20-3/h5,7-9,15,19H,4,6H2,1-3H3. The highest BCUT2D eigenvalue weighted by Gasteiger charge is 2.22. The third-order valence-corrected chi connectivity index (χ3v) is 4.88. The van der Waals surface area contributed by atoms with E-state index >= 15 is 0 Å². The number of nitrogens with one attached hydrogen (secondary N) is 1. The number of aryl methyl sites for hydroxylation is 1. The van der Waals surface area contributed by atoms with Gasteiger partial charge in [-0.25, -0.2) is 0 Å². The van der Waals surface area contributed by atoms with Gasteiger partial charge in [0.2, 0.25) is 0 Å². The highest BCUT2D eigenvalue weighted by molar-refractivity contribution is 9.10. The van der Waals surface area contributed by atoms with Gasteiger partial charge in [0.05, 0.1) is 19.4 Å². The number of halogens is 2. The summed E-state index contributed by atoms with van der Waals surface area (Å²) in [5.74, 6) is 0.873. The SMILES string of the molecule is CCCNC(c1cc(Br)c(C)cc1OC)c1ccoc1Br. The van der Waals surface area contributed by atoms with Crippen LogP contribution in [0, 0.1) is 6.92 Å². The van der Waals surface area contributed by atoms with Gasteiger partial charge in [-0.3, -0.25) is 0 Å². The average Bonchev–Trinajstić information content (AvgIpc) is 2.89. The van der Waals surface area contributed by atoms with Crippen molar-refractivity contribution in [1.82, 2.24) is 5.32 Å². The Bertz CT molecular complexity index is 610. The van der Waals surface area contributed by atoms with Crippen LogP contribution in [0.15, 0.2) is 38.0 Å². The minimum absolute atomic E-state index is 0.0184. The summed E-state index contributed by atoms with van der Waals surface area (Å²) in [5, 5.41) is 3.56. The van der Waals surface area contributed by atoms with Crippen LogP contribution in [0.25, 0.3) is 0 Å². The maximum atomic E-state index is 5.57. The lowest BCUT2D eigenvalue weighted by Crippen LogP contribution is -2.23. The minimum atomic E-state index is 0.0184. The first-order valence-electron chi connectivity index (χ1n) is 6.88. The molecule has 1 aromatic heterocycles. The van der Waals surface area contributed by atoms with Crippen LogP contribution in [0.4, 0.5) is 0 Å². The molecule has 0 aliphatic carbocycles. The van der Waals surface area contributed by atoms with Gasteiger partial charge in [0, 0.05) is 15.6 Å². The van der Waals surface area contributed by atoms with Crippen molar-refractivity contribution in [2.24, 2.45) is 0 Å². The average molecular weight is 417 g/mol. The van der Waals surface area contributed by atoms with E-state index in [4.69, 9.17) is 9.15 Å². The zero-order valence-electron chi connectivity index (χ0n) is 12.4. The van der Waals surface area contributed by atoms with Crippen molar-refractivity contribution in [1.29, 1.82) is 0 Å². The summed E-state index contributed by atoms with van der Waals surface area (Å²) in [4.78, 5) is 0. The fourth-order valence-corrected chi connectivity index (χ4v) is 3.09. The molecular formula is C16H19Br2NO2. The molecule has 0 amide bonds. The van der Waals surface area contributed by atoms with Crippen molar-refractivity contribution in [3.05, 3.63) is 50.3 Å². The molecule has 0 aliphatic heterocycles. The molecule has 0 saturated carbocycles. The molecule has 0 spiro atoms. The largest absolute Gasteiger partial charge is 0.496 e. The monoisotopic (exact) mass is 415 g/mol. The molecule has 1 unspecified atom stereocenters. The molecule has 1 aromatic carbocycles. The van der Waals surface area contributed by atoms with Gasteiger partial charge in [-0.15, -0.1) is 0 Å². The van der Waals surface area contributed by atoms with Crippen molar-refractivity contribution < 1.29 is 9.15 Å².